The van der Waals surface area contributed by atoms with Crippen molar-refractivity contribution in [1.29, 1.82) is 0 Å². The molecule has 0 unspecified atom stereocenters. The zero-order valence-corrected chi connectivity index (χ0v) is 11.0. The van der Waals surface area contributed by atoms with Crippen molar-refractivity contribution < 1.29 is 13.6 Å². The molecule has 20 heavy (non-hydrogen) atoms. The lowest BCUT2D eigenvalue weighted by Gasteiger charge is -2.18. The molecule has 0 atom stereocenters. The first-order chi connectivity index (χ1) is 9.60. The normalized spacial score (nSPS) is 13.8. The van der Waals surface area contributed by atoms with E-state index >= 15 is 0 Å². The van der Waals surface area contributed by atoms with Crippen LogP contribution in [-0.2, 0) is 17.6 Å². The summed E-state index contributed by atoms with van der Waals surface area (Å²) in [6, 6.07) is 9.41. The molecule has 1 aliphatic rings. The summed E-state index contributed by atoms with van der Waals surface area (Å²) >= 11 is 0. The summed E-state index contributed by atoms with van der Waals surface area (Å²) in [6.07, 6.45) is 0.921. The van der Waals surface area contributed by atoms with E-state index in [0.717, 1.165) is 18.1 Å². The minimum Gasteiger partial charge on any atom is -0.278 e. The summed E-state index contributed by atoms with van der Waals surface area (Å²) < 4.78 is 27.2. The minimum absolute atomic E-state index is 0.0273. The number of halogens is 2. The zero-order valence-electron chi connectivity index (χ0n) is 11.0. The van der Waals surface area contributed by atoms with Gasteiger partial charge in [0.25, 0.3) is 0 Å². The third kappa shape index (κ3) is 1.97. The van der Waals surface area contributed by atoms with E-state index in [9.17, 15) is 13.6 Å². The maximum Gasteiger partial charge on any atom is 0.236 e. The lowest BCUT2D eigenvalue weighted by Crippen LogP contribution is -2.21. The van der Waals surface area contributed by atoms with Gasteiger partial charge in [0, 0.05) is 11.8 Å². The van der Waals surface area contributed by atoms with Crippen molar-refractivity contribution in [3.05, 3.63) is 59.2 Å². The van der Waals surface area contributed by atoms with E-state index < -0.39 is 11.6 Å². The molecule has 0 spiro atoms. The van der Waals surface area contributed by atoms with Crippen LogP contribution in [0.5, 0.6) is 0 Å². The van der Waals surface area contributed by atoms with E-state index in [2.05, 4.69) is 0 Å². The number of hydrogen-bond donors (Lipinski definition) is 0. The molecule has 3 rings (SSSR count). The molecule has 2 nitrogen and oxygen atoms in total. The van der Waals surface area contributed by atoms with Crippen LogP contribution in [0.2, 0.25) is 0 Å². The van der Waals surface area contributed by atoms with Gasteiger partial charge < -0.3 is 0 Å². The number of anilines is 2. The van der Waals surface area contributed by atoms with Crippen molar-refractivity contribution in [2.45, 2.75) is 19.8 Å². The Morgan fingerprint density at radius 2 is 1.85 bits per heavy atom. The van der Waals surface area contributed by atoms with Gasteiger partial charge in [-0.2, -0.15) is 0 Å². The first kappa shape index (κ1) is 12.8. The molecule has 0 aromatic heterocycles. The van der Waals surface area contributed by atoms with Gasteiger partial charge in [0.2, 0.25) is 5.91 Å². The van der Waals surface area contributed by atoms with Crippen LogP contribution < -0.4 is 4.90 Å². The van der Waals surface area contributed by atoms with Crippen molar-refractivity contribution in [2.24, 2.45) is 0 Å². The predicted molar refractivity (Wildman–Crippen MR) is 73.0 cm³/mol. The molecule has 1 amide bonds. The summed E-state index contributed by atoms with van der Waals surface area (Å²) in [5.41, 5.74) is 2.31. The predicted octanol–water partition coefficient (Wildman–Crippen LogP) is 3.75. The SMILES string of the molecule is CCc1ccc(N2C(=O)Cc3cc(F)cc(F)c32)cc1. The van der Waals surface area contributed by atoms with Crippen LogP contribution >= 0.6 is 0 Å². The van der Waals surface area contributed by atoms with Crippen LogP contribution in [-0.4, -0.2) is 5.91 Å². The van der Waals surface area contributed by atoms with Gasteiger partial charge in [-0.25, -0.2) is 8.78 Å². The molecule has 0 saturated carbocycles. The Kier molecular flexibility index (Phi) is 3.01. The molecule has 2 aromatic carbocycles. The molecule has 0 radical (unpaired) electrons. The number of aryl methyl sites for hydroxylation is 1. The average Bonchev–Trinajstić information content (AvgIpc) is 2.75. The maximum absolute atomic E-state index is 14.0. The number of amides is 1. The number of benzene rings is 2. The van der Waals surface area contributed by atoms with Gasteiger partial charge in [0.15, 0.2) is 5.82 Å². The molecule has 0 bridgehead atoms. The van der Waals surface area contributed by atoms with Crippen molar-refractivity contribution in [3.63, 3.8) is 0 Å². The molecular weight excluding hydrogens is 260 g/mol. The second-order valence-corrected chi connectivity index (χ2v) is 4.82. The molecule has 0 N–H and O–H groups in total. The number of fused-ring (bicyclic) bond motifs is 1. The number of carbonyl (C=O) groups is 1. The topological polar surface area (TPSA) is 20.3 Å². The van der Waals surface area contributed by atoms with Crippen LogP contribution in [0.15, 0.2) is 36.4 Å². The van der Waals surface area contributed by atoms with Crippen molar-refractivity contribution in [2.75, 3.05) is 4.90 Å². The fourth-order valence-corrected chi connectivity index (χ4v) is 2.52. The highest BCUT2D eigenvalue weighted by molar-refractivity contribution is 6.07. The highest BCUT2D eigenvalue weighted by Crippen LogP contribution is 2.38. The Labute approximate surface area is 115 Å². The number of rotatable bonds is 2. The lowest BCUT2D eigenvalue weighted by molar-refractivity contribution is -0.116. The molecule has 4 heteroatoms. The molecule has 1 aliphatic heterocycles. The average molecular weight is 273 g/mol. The van der Waals surface area contributed by atoms with Gasteiger partial charge in [-0.1, -0.05) is 19.1 Å². The Morgan fingerprint density at radius 1 is 1.15 bits per heavy atom. The third-order valence-electron chi connectivity index (χ3n) is 3.52. The summed E-state index contributed by atoms with van der Waals surface area (Å²) in [7, 11) is 0. The van der Waals surface area contributed by atoms with E-state index in [-0.39, 0.29) is 18.0 Å². The fourth-order valence-electron chi connectivity index (χ4n) is 2.52. The van der Waals surface area contributed by atoms with E-state index in [1.807, 2.05) is 19.1 Å². The van der Waals surface area contributed by atoms with Gasteiger partial charge in [-0.3, -0.25) is 9.69 Å². The lowest BCUT2D eigenvalue weighted by atomic mass is 10.1. The van der Waals surface area contributed by atoms with E-state index in [0.29, 0.717) is 11.3 Å². The number of nitrogens with zero attached hydrogens (tertiary/aromatic N) is 1. The second-order valence-electron chi connectivity index (χ2n) is 4.82. The number of hydrogen-bond acceptors (Lipinski definition) is 1. The Morgan fingerprint density at radius 3 is 2.50 bits per heavy atom. The van der Waals surface area contributed by atoms with Crippen molar-refractivity contribution >= 4 is 17.3 Å². The van der Waals surface area contributed by atoms with Crippen LogP contribution in [0.3, 0.4) is 0 Å². The van der Waals surface area contributed by atoms with Crippen LogP contribution in [0, 0.1) is 11.6 Å². The Hall–Kier alpha value is -2.23. The van der Waals surface area contributed by atoms with Gasteiger partial charge in [-0.05, 0) is 35.7 Å². The second kappa shape index (κ2) is 4.71. The quantitative estimate of drug-likeness (QED) is 0.816. The van der Waals surface area contributed by atoms with E-state index in [1.54, 1.807) is 12.1 Å². The van der Waals surface area contributed by atoms with Gasteiger partial charge in [-0.15, -0.1) is 0 Å². The monoisotopic (exact) mass is 273 g/mol. The van der Waals surface area contributed by atoms with E-state index in [4.69, 9.17) is 0 Å². The highest BCUT2D eigenvalue weighted by atomic mass is 19.1. The fraction of sp³-hybridized carbons (Fsp3) is 0.188. The molecular formula is C16H13F2NO. The van der Waals surface area contributed by atoms with Gasteiger partial charge in [0.05, 0.1) is 12.1 Å². The van der Waals surface area contributed by atoms with Crippen molar-refractivity contribution in [1.82, 2.24) is 0 Å². The Balaban J connectivity index is 2.09. The molecule has 0 saturated heterocycles. The third-order valence-corrected chi connectivity index (χ3v) is 3.52. The zero-order chi connectivity index (χ0) is 14.3. The molecule has 0 aliphatic carbocycles. The first-order valence-electron chi connectivity index (χ1n) is 6.50. The molecule has 102 valence electrons. The summed E-state index contributed by atoms with van der Waals surface area (Å²) in [4.78, 5) is 13.4. The standard InChI is InChI=1S/C16H13F2NO/c1-2-10-3-5-13(6-4-10)19-15(20)8-11-7-12(17)9-14(18)16(11)19/h3-7,9H,2,8H2,1H3. The molecule has 1 heterocycles. The minimum atomic E-state index is -0.703. The molecule has 2 aromatic rings. The Bertz CT molecular complexity index is 680. The van der Waals surface area contributed by atoms with Crippen LogP contribution in [0.25, 0.3) is 0 Å². The van der Waals surface area contributed by atoms with Gasteiger partial charge in [0.1, 0.15) is 5.82 Å². The van der Waals surface area contributed by atoms with E-state index in [1.165, 1.54) is 11.0 Å². The summed E-state index contributed by atoms with van der Waals surface area (Å²) in [6.45, 7) is 2.04. The first-order valence-corrected chi connectivity index (χ1v) is 6.50. The molecule has 0 fully saturated rings. The smallest absolute Gasteiger partial charge is 0.236 e. The largest absolute Gasteiger partial charge is 0.278 e. The maximum atomic E-state index is 14.0. The van der Waals surface area contributed by atoms with Crippen LogP contribution in [0.1, 0.15) is 18.1 Å². The number of carbonyl (C=O) groups excluding carboxylic acids is 1. The highest BCUT2D eigenvalue weighted by Gasteiger charge is 2.32. The summed E-state index contributed by atoms with van der Waals surface area (Å²) in [5.74, 6) is -1.60. The summed E-state index contributed by atoms with van der Waals surface area (Å²) in [5, 5.41) is 0. The van der Waals surface area contributed by atoms with Gasteiger partial charge >= 0.3 is 0 Å². The van der Waals surface area contributed by atoms with Crippen molar-refractivity contribution in [3.8, 4) is 0 Å². The van der Waals surface area contributed by atoms with Crippen LogP contribution in [0.4, 0.5) is 20.2 Å².